The number of aromatic nitrogens is 1. The summed E-state index contributed by atoms with van der Waals surface area (Å²) >= 11 is 1.55. The predicted molar refractivity (Wildman–Crippen MR) is 127 cm³/mol. The van der Waals surface area contributed by atoms with Crippen molar-refractivity contribution in [2.75, 3.05) is 18.9 Å². The molecular weight excluding hydrogens is 448 g/mol. The molecule has 0 saturated heterocycles. The Morgan fingerprint density at radius 3 is 2.50 bits per heavy atom. The number of aliphatic carboxylic acids is 1. The van der Waals surface area contributed by atoms with Crippen molar-refractivity contribution in [3.05, 3.63) is 53.7 Å². The first-order valence-electron chi connectivity index (χ1n) is 9.88. The summed E-state index contributed by atoms with van der Waals surface area (Å²) in [4.78, 5) is 17.0. The van der Waals surface area contributed by atoms with Gasteiger partial charge in [-0.15, -0.1) is 11.3 Å². The van der Waals surface area contributed by atoms with E-state index in [1.54, 1.807) is 42.8 Å². The van der Waals surface area contributed by atoms with Crippen molar-refractivity contribution in [2.24, 2.45) is 5.41 Å². The number of carboxylic acid groups (broad SMARTS) is 1. The van der Waals surface area contributed by atoms with Crippen molar-refractivity contribution in [1.29, 1.82) is 0 Å². The lowest BCUT2D eigenvalue weighted by molar-refractivity contribution is -0.139. The Hall–Kier alpha value is -2.91. The average molecular weight is 475 g/mol. The molecule has 0 fully saturated rings. The van der Waals surface area contributed by atoms with E-state index in [1.807, 2.05) is 38.1 Å². The standard InChI is InChI=1S/C23H26N2O5S2/c1-23(2,13-22(26)27)12-21-24-14-19(31-21)15-5-7-16(8-6-15)25-32(28)20-10-9-17(29-3)11-18(20)30-4/h5-11,14,25H,12-13H2,1-4H3,(H,26,27). The van der Waals surface area contributed by atoms with E-state index in [0.29, 0.717) is 28.5 Å². The SMILES string of the molecule is COc1ccc(S(=O)Nc2ccc(-c3cnc(CC(C)(C)CC(=O)O)s3)cc2)c(OC)c1. The number of ether oxygens (including phenoxy) is 2. The summed E-state index contributed by atoms with van der Waals surface area (Å²) in [7, 11) is 1.58. The Labute approximate surface area is 194 Å². The molecule has 0 radical (unpaired) electrons. The van der Waals surface area contributed by atoms with Crippen molar-refractivity contribution in [2.45, 2.75) is 31.6 Å². The fraction of sp³-hybridized carbons (Fsp3) is 0.304. The van der Waals surface area contributed by atoms with Gasteiger partial charge in [0.1, 0.15) is 16.4 Å². The molecule has 1 heterocycles. The highest BCUT2D eigenvalue weighted by Crippen LogP contribution is 2.33. The lowest BCUT2D eigenvalue weighted by Crippen LogP contribution is -2.19. The lowest BCUT2D eigenvalue weighted by atomic mass is 9.86. The zero-order valence-electron chi connectivity index (χ0n) is 18.4. The lowest BCUT2D eigenvalue weighted by Gasteiger charge is -2.20. The minimum Gasteiger partial charge on any atom is -0.497 e. The normalized spacial score (nSPS) is 12.2. The molecule has 0 amide bonds. The minimum atomic E-state index is -1.51. The van der Waals surface area contributed by atoms with Crippen molar-refractivity contribution in [1.82, 2.24) is 4.98 Å². The topological polar surface area (TPSA) is 97.8 Å². The van der Waals surface area contributed by atoms with Gasteiger partial charge in [0.25, 0.3) is 0 Å². The van der Waals surface area contributed by atoms with Crippen LogP contribution in [0, 0.1) is 5.41 Å². The number of nitrogens with one attached hydrogen (secondary N) is 1. The number of hydrogen-bond acceptors (Lipinski definition) is 6. The molecular formula is C23H26N2O5S2. The van der Waals surface area contributed by atoms with Crippen LogP contribution in [0.15, 0.2) is 53.6 Å². The number of carboxylic acids is 1. The second kappa shape index (κ2) is 10.1. The van der Waals surface area contributed by atoms with Crippen LogP contribution < -0.4 is 14.2 Å². The summed E-state index contributed by atoms with van der Waals surface area (Å²) in [5.41, 5.74) is 1.34. The highest BCUT2D eigenvalue weighted by molar-refractivity contribution is 7.86. The van der Waals surface area contributed by atoms with Gasteiger partial charge in [0, 0.05) is 24.4 Å². The fourth-order valence-corrected chi connectivity index (χ4v) is 5.36. The Bertz CT molecular complexity index is 1110. The van der Waals surface area contributed by atoms with Crippen LogP contribution >= 0.6 is 11.3 Å². The van der Waals surface area contributed by atoms with Crippen LogP contribution in [-0.4, -0.2) is 34.5 Å². The van der Waals surface area contributed by atoms with Gasteiger partial charge in [0.2, 0.25) is 0 Å². The number of methoxy groups -OCH3 is 2. The van der Waals surface area contributed by atoms with E-state index in [9.17, 15) is 9.00 Å². The molecule has 0 saturated carbocycles. The van der Waals surface area contributed by atoms with Crippen molar-refractivity contribution < 1.29 is 23.6 Å². The summed E-state index contributed by atoms with van der Waals surface area (Å²) in [5, 5.41) is 9.97. The maximum Gasteiger partial charge on any atom is 0.303 e. The Morgan fingerprint density at radius 1 is 1.16 bits per heavy atom. The van der Waals surface area contributed by atoms with Crippen LogP contribution in [0.25, 0.3) is 10.4 Å². The number of hydrogen-bond donors (Lipinski definition) is 2. The molecule has 1 unspecified atom stereocenters. The third kappa shape index (κ3) is 6.08. The van der Waals surface area contributed by atoms with E-state index in [0.717, 1.165) is 15.4 Å². The van der Waals surface area contributed by atoms with Crippen molar-refractivity contribution in [3.8, 4) is 21.9 Å². The molecule has 170 valence electrons. The van der Waals surface area contributed by atoms with Gasteiger partial charge in [-0.1, -0.05) is 26.0 Å². The molecule has 9 heteroatoms. The first-order chi connectivity index (χ1) is 15.2. The second-order valence-electron chi connectivity index (χ2n) is 7.99. The summed E-state index contributed by atoms with van der Waals surface area (Å²) in [6, 6.07) is 12.7. The molecule has 3 rings (SSSR count). The maximum atomic E-state index is 12.8. The van der Waals surface area contributed by atoms with Crippen molar-refractivity contribution in [3.63, 3.8) is 0 Å². The van der Waals surface area contributed by atoms with Gasteiger partial charge in [-0.05, 0) is 35.2 Å². The van der Waals surface area contributed by atoms with Crippen LogP contribution in [-0.2, 0) is 22.2 Å². The van der Waals surface area contributed by atoms with E-state index < -0.39 is 17.0 Å². The van der Waals surface area contributed by atoms with Crippen LogP contribution in [0.1, 0.15) is 25.3 Å². The third-order valence-corrected chi connectivity index (χ3v) is 6.97. The van der Waals surface area contributed by atoms with Gasteiger partial charge in [-0.3, -0.25) is 4.79 Å². The molecule has 32 heavy (non-hydrogen) atoms. The quantitative estimate of drug-likeness (QED) is 0.429. The Morgan fingerprint density at radius 2 is 1.88 bits per heavy atom. The Kier molecular flexibility index (Phi) is 7.52. The summed E-state index contributed by atoms with van der Waals surface area (Å²) < 4.78 is 26.3. The van der Waals surface area contributed by atoms with Gasteiger partial charge >= 0.3 is 5.97 Å². The van der Waals surface area contributed by atoms with Gasteiger partial charge < -0.3 is 19.3 Å². The van der Waals surface area contributed by atoms with E-state index >= 15 is 0 Å². The monoisotopic (exact) mass is 474 g/mol. The molecule has 0 bridgehead atoms. The van der Waals surface area contributed by atoms with Crippen molar-refractivity contribution >= 4 is 34.0 Å². The van der Waals surface area contributed by atoms with Gasteiger partial charge in [0.15, 0.2) is 11.0 Å². The molecule has 2 N–H and O–H groups in total. The molecule has 7 nitrogen and oxygen atoms in total. The Balaban J connectivity index is 1.69. The van der Waals surface area contributed by atoms with Gasteiger partial charge in [0.05, 0.1) is 30.5 Å². The number of carbonyl (C=O) groups is 1. The van der Waals surface area contributed by atoms with Crippen LogP contribution in [0.5, 0.6) is 11.5 Å². The maximum absolute atomic E-state index is 12.8. The van der Waals surface area contributed by atoms with E-state index in [1.165, 1.54) is 7.11 Å². The average Bonchev–Trinajstić information content (AvgIpc) is 3.20. The molecule has 0 spiro atoms. The largest absolute Gasteiger partial charge is 0.497 e. The second-order valence-corrected chi connectivity index (χ2v) is 10.3. The van der Waals surface area contributed by atoms with E-state index in [2.05, 4.69) is 9.71 Å². The van der Waals surface area contributed by atoms with Crippen LogP contribution in [0.4, 0.5) is 5.69 Å². The number of thiazole rings is 1. The zero-order chi connectivity index (χ0) is 23.3. The first kappa shape index (κ1) is 23.7. The molecule has 1 atom stereocenters. The number of anilines is 1. The van der Waals surface area contributed by atoms with Crippen LogP contribution in [0.2, 0.25) is 0 Å². The smallest absolute Gasteiger partial charge is 0.303 e. The molecule has 3 aromatic rings. The molecule has 0 aliphatic carbocycles. The van der Waals surface area contributed by atoms with E-state index in [-0.39, 0.29) is 11.8 Å². The number of nitrogens with zero attached hydrogens (tertiary/aromatic N) is 1. The number of rotatable bonds is 10. The first-order valence-corrected chi connectivity index (χ1v) is 11.8. The van der Waals surface area contributed by atoms with Gasteiger partial charge in [-0.25, -0.2) is 9.19 Å². The zero-order valence-corrected chi connectivity index (χ0v) is 20.0. The number of benzene rings is 2. The fourth-order valence-electron chi connectivity index (χ4n) is 3.20. The highest BCUT2D eigenvalue weighted by Gasteiger charge is 2.24. The van der Waals surface area contributed by atoms with Gasteiger partial charge in [-0.2, -0.15) is 0 Å². The highest BCUT2D eigenvalue weighted by atomic mass is 32.2. The summed E-state index contributed by atoms with van der Waals surface area (Å²) in [5.74, 6) is 0.302. The third-order valence-electron chi connectivity index (χ3n) is 4.76. The molecule has 0 aliphatic heterocycles. The molecule has 1 aromatic heterocycles. The molecule has 0 aliphatic rings. The minimum absolute atomic E-state index is 0.0956. The van der Waals surface area contributed by atoms with Crippen LogP contribution in [0.3, 0.4) is 0 Å². The summed E-state index contributed by atoms with van der Waals surface area (Å²) in [6.07, 6.45) is 2.50. The molecule has 2 aromatic carbocycles. The predicted octanol–water partition coefficient (Wildman–Crippen LogP) is 5.01. The van der Waals surface area contributed by atoms with E-state index in [4.69, 9.17) is 14.6 Å². The summed E-state index contributed by atoms with van der Waals surface area (Å²) in [6.45, 7) is 3.86.